The van der Waals surface area contributed by atoms with Crippen molar-refractivity contribution in [3.05, 3.63) is 12.2 Å². The second kappa shape index (κ2) is 11.8. The van der Waals surface area contributed by atoms with Gasteiger partial charge in [-0.2, -0.15) is 0 Å². The lowest BCUT2D eigenvalue weighted by molar-refractivity contribution is 0.386. The van der Waals surface area contributed by atoms with E-state index in [1.807, 2.05) is 0 Å². The van der Waals surface area contributed by atoms with Gasteiger partial charge in [0.05, 0.1) is 0 Å². The standard InChI is InChI=1S/C17H35N/c1-5-7-9-11-12-13-15-17(3,4)18-16-14-10-8-6-2/h12-13,18H,5-11,14-16H2,1-4H3/b13-12+. The Bertz CT molecular complexity index is 194. The molecule has 0 spiro atoms. The van der Waals surface area contributed by atoms with Crippen LogP contribution >= 0.6 is 0 Å². The molecule has 1 heteroatoms. The van der Waals surface area contributed by atoms with Crippen LogP contribution in [0.15, 0.2) is 12.2 Å². The molecule has 0 saturated heterocycles. The highest BCUT2D eigenvalue weighted by molar-refractivity contribution is 4.91. The maximum atomic E-state index is 3.67. The van der Waals surface area contributed by atoms with E-state index in [2.05, 4.69) is 45.2 Å². The smallest absolute Gasteiger partial charge is 0.0159 e. The molecule has 0 aliphatic carbocycles. The van der Waals surface area contributed by atoms with Crippen molar-refractivity contribution < 1.29 is 0 Å². The molecule has 0 aromatic rings. The van der Waals surface area contributed by atoms with Crippen LogP contribution in [0, 0.1) is 0 Å². The van der Waals surface area contributed by atoms with Crippen LogP contribution in [0.25, 0.3) is 0 Å². The fourth-order valence-corrected chi connectivity index (χ4v) is 2.06. The van der Waals surface area contributed by atoms with Crippen LogP contribution < -0.4 is 5.32 Å². The molecule has 0 aromatic carbocycles. The summed E-state index contributed by atoms with van der Waals surface area (Å²) in [5.74, 6) is 0. The summed E-state index contributed by atoms with van der Waals surface area (Å²) in [6.45, 7) is 10.3. The number of unbranched alkanes of at least 4 members (excludes halogenated alkanes) is 6. The molecule has 0 heterocycles. The van der Waals surface area contributed by atoms with Crippen molar-refractivity contribution in [3.8, 4) is 0 Å². The van der Waals surface area contributed by atoms with E-state index in [1.165, 1.54) is 51.4 Å². The number of rotatable bonds is 12. The maximum absolute atomic E-state index is 3.67. The molecule has 0 aromatic heterocycles. The first kappa shape index (κ1) is 17.7. The lowest BCUT2D eigenvalue weighted by Crippen LogP contribution is -2.39. The van der Waals surface area contributed by atoms with Crippen LogP contribution in [0.3, 0.4) is 0 Å². The zero-order valence-electron chi connectivity index (χ0n) is 13.2. The first-order valence-electron chi connectivity index (χ1n) is 8.02. The Labute approximate surface area is 115 Å². The third kappa shape index (κ3) is 12.2. The van der Waals surface area contributed by atoms with Gasteiger partial charge in [-0.1, -0.05) is 58.1 Å². The average molecular weight is 253 g/mol. The molecule has 0 saturated carbocycles. The van der Waals surface area contributed by atoms with Gasteiger partial charge in [0.15, 0.2) is 0 Å². The second-order valence-corrected chi connectivity index (χ2v) is 6.04. The first-order valence-corrected chi connectivity index (χ1v) is 8.02. The molecule has 0 fully saturated rings. The summed E-state index contributed by atoms with van der Waals surface area (Å²) >= 11 is 0. The Morgan fingerprint density at radius 2 is 1.50 bits per heavy atom. The molecule has 18 heavy (non-hydrogen) atoms. The largest absolute Gasteiger partial charge is 0.311 e. The van der Waals surface area contributed by atoms with E-state index in [4.69, 9.17) is 0 Å². The van der Waals surface area contributed by atoms with Gasteiger partial charge in [0, 0.05) is 5.54 Å². The van der Waals surface area contributed by atoms with E-state index in [0.29, 0.717) is 0 Å². The van der Waals surface area contributed by atoms with Gasteiger partial charge in [-0.05, 0) is 46.1 Å². The van der Waals surface area contributed by atoms with E-state index < -0.39 is 0 Å². The van der Waals surface area contributed by atoms with Crippen molar-refractivity contribution in [1.29, 1.82) is 0 Å². The van der Waals surface area contributed by atoms with Gasteiger partial charge in [0.1, 0.15) is 0 Å². The van der Waals surface area contributed by atoms with Gasteiger partial charge in [-0.25, -0.2) is 0 Å². The normalized spacial score (nSPS) is 12.4. The molecular formula is C17H35N. The fourth-order valence-electron chi connectivity index (χ4n) is 2.06. The van der Waals surface area contributed by atoms with Crippen molar-refractivity contribution >= 4 is 0 Å². The fraction of sp³-hybridized carbons (Fsp3) is 0.882. The van der Waals surface area contributed by atoms with Gasteiger partial charge in [0.2, 0.25) is 0 Å². The van der Waals surface area contributed by atoms with Crippen LogP contribution in [0.1, 0.15) is 85.5 Å². The summed E-state index contributed by atoms with van der Waals surface area (Å²) in [7, 11) is 0. The molecule has 0 unspecified atom stereocenters. The summed E-state index contributed by atoms with van der Waals surface area (Å²) in [5, 5.41) is 3.67. The zero-order valence-corrected chi connectivity index (χ0v) is 13.2. The predicted molar refractivity (Wildman–Crippen MR) is 84.1 cm³/mol. The van der Waals surface area contributed by atoms with Crippen molar-refractivity contribution in [2.45, 2.75) is 91.0 Å². The van der Waals surface area contributed by atoms with Gasteiger partial charge >= 0.3 is 0 Å². The highest BCUT2D eigenvalue weighted by Crippen LogP contribution is 2.11. The molecule has 0 aliphatic rings. The Morgan fingerprint density at radius 1 is 0.833 bits per heavy atom. The Morgan fingerprint density at radius 3 is 2.17 bits per heavy atom. The molecule has 1 nitrogen and oxygen atoms in total. The summed E-state index contributed by atoms with van der Waals surface area (Å²) in [6, 6.07) is 0. The van der Waals surface area contributed by atoms with Crippen molar-refractivity contribution in [1.82, 2.24) is 5.32 Å². The molecule has 0 rings (SSSR count). The van der Waals surface area contributed by atoms with Crippen molar-refractivity contribution in [2.75, 3.05) is 6.54 Å². The van der Waals surface area contributed by atoms with E-state index in [1.54, 1.807) is 0 Å². The van der Waals surface area contributed by atoms with Crippen LogP contribution in [0.5, 0.6) is 0 Å². The van der Waals surface area contributed by atoms with Gasteiger partial charge < -0.3 is 5.32 Å². The predicted octanol–water partition coefficient (Wildman–Crippen LogP) is 5.46. The van der Waals surface area contributed by atoms with Gasteiger partial charge in [-0.3, -0.25) is 0 Å². The molecule has 0 bridgehead atoms. The molecule has 0 atom stereocenters. The molecule has 0 aliphatic heterocycles. The van der Waals surface area contributed by atoms with E-state index >= 15 is 0 Å². The summed E-state index contributed by atoms with van der Waals surface area (Å²) in [5.41, 5.74) is 0.257. The molecule has 0 radical (unpaired) electrons. The highest BCUT2D eigenvalue weighted by Gasteiger charge is 2.13. The molecule has 1 N–H and O–H groups in total. The van der Waals surface area contributed by atoms with E-state index in [9.17, 15) is 0 Å². The molecular weight excluding hydrogens is 218 g/mol. The van der Waals surface area contributed by atoms with Crippen molar-refractivity contribution in [3.63, 3.8) is 0 Å². The quantitative estimate of drug-likeness (QED) is 0.359. The summed E-state index contributed by atoms with van der Waals surface area (Å²) in [6.07, 6.45) is 16.5. The van der Waals surface area contributed by atoms with E-state index in [-0.39, 0.29) is 5.54 Å². The molecule has 108 valence electrons. The Balaban J connectivity index is 3.53. The minimum absolute atomic E-state index is 0.257. The van der Waals surface area contributed by atoms with Crippen LogP contribution in [-0.2, 0) is 0 Å². The third-order valence-corrected chi connectivity index (χ3v) is 3.40. The van der Waals surface area contributed by atoms with Crippen LogP contribution in [0.4, 0.5) is 0 Å². The first-order chi connectivity index (χ1) is 8.62. The summed E-state index contributed by atoms with van der Waals surface area (Å²) in [4.78, 5) is 0. The number of hydrogen-bond acceptors (Lipinski definition) is 1. The highest BCUT2D eigenvalue weighted by atomic mass is 14.9. The minimum Gasteiger partial charge on any atom is -0.311 e. The number of hydrogen-bond donors (Lipinski definition) is 1. The SMILES string of the molecule is CCCCC/C=C/CC(C)(C)NCCCCCC. The van der Waals surface area contributed by atoms with Crippen LogP contribution in [-0.4, -0.2) is 12.1 Å². The van der Waals surface area contributed by atoms with E-state index in [0.717, 1.165) is 13.0 Å². The average Bonchev–Trinajstić information content (AvgIpc) is 2.33. The Kier molecular flexibility index (Phi) is 11.6. The number of nitrogens with one attached hydrogen (secondary N) is 1. The number of allylic oxidation sites excluding steroid dienone is 1. The lowest BCUT2D eigenvalue weighted by atomic mass is 9.99. The van der Waals surface area contributed by atoms with Gasteiger partial charge in [-0.15, -0.1) is 0 Å². The lowest BCUT2D eigenvalue weighted by Gasteiger charge is -2.25. The zero-order chi connectivity index (χ0) is 13.7. The monoisotopic (exact) mass is 253 g/mol. The topological polar surface area (TPSA) is 12.0 Å². The third-order valence-electron chi connectivity index (χ3n) is 3.40. The summed E-state index contributed by atoms with van der Waals surface area (Å²) < 4.78 is 0. The van der Waals surface area contributed by atoms with Crippen LogP contribution in [0.2, 0.25) is 0 Å². The maximum Gasteiger partial charge on any atom is 0.0159 e. The van der Waals surface area contributed by atoms with Gasteiger partial charge in [0.25, 0.3) is 0 Å². The molecule has 0 amide bonds. The van der Waals surface area contributed by atoms with Crippen molar-refractivity contribution in [2.24, 2.45) is 0 Å². The minimum atomic E-state index is 0.257. The Hall–Kier alpha value is -0.300. The second-order valence-electron chi connectivity index (χ2n) is 6.04.